The largest absolute Gasteiger partial charge is 0.480 e. The number of nitrogens with zero attached hydrogens (tertiary/aromatic N) is 1. The third-order valence-electron chi connectivity index (χ3n) is 9.55. The fraction of sp³-hybridized carbons (Fsp3) is 0.233. The summed E-state index contributed by atoms with van der Waals surface area (Å²) in [6.07, 6.45) is 0.778. The van der Waals surface area contributed by atoms with Crippen LogP contribution >= 0.6 is 11.3 Å². The molecule has 15 heteroatoms. The van der Waals surface area contributed by atoms with Crippen molar-refractivity contribution in [3.63, 3.8) is 0 Å². The molecule has 2 bridgehead atoms. The van der Waals surface area contributed by atoms with Crippen molar-refractivity contribution < 1.29 is 39.0 Å². The van der Waals surface area contributed by atoms with E-state index in [-0.39, 0.29) is 31.4 Å². The van der Waals surface area contributed by atoms with Crippen LogP contribution < -0.4 is 26.6 Å². The number of aliphatic hydroxyl groups excluding tert-OH is 1. The van der Waals surface area contributed by atoms with Crippen LogP contribution in [0.25, 0.3) is 11.1 Å². The SMILES string of the molecule is O=C1C[C@@H](O)C(=O)Nc2ccc(cc2)C[C@@H](C(=O)O)NC(=O)[C@@H](Cc2ccccc2)NC(=O)[C@H](Cc2ccc(-c3ccncc3)cc2)NC(=O)[C@@H](Cc2cccs2)N1. The van der Waals surface area contributed by atoms with Crippen LogP contribution in [0.5, 0.6) is 0 Å². The van der Waals surface area contributed by atoms with Crippen LogP contribution in [0.4, 0.5) is 5.69 Å². The Morgan fingerprint density at radius 3 is 1.81 bits per heavy atom. The van der Waals surface area contributed by atoms with Crippen LogP contribution in [0.15, 0.2) is 121 Å². The van der Waals surface area contributed by atoms with E-state index in [0.29, 0.717) is 16.7 Å². The number of fused-ring (bicyclic) bond motifs is 18. The van der Waals surface area contributed by atoms with Crippen molar-refractivity contribution in [2.24, 2.45) is 0 Å². The summed E-state index contributed by atoms with van der Waals surface area (Å²) in [5.74, 6) is -5.19. The maximum atomic E-state index is 14.4. The van der Waals surface area contributed by atoms with E-state index in [0.717, 1.165) is 16.0 Å². The van der Waals surface area contributed by atoms with Gasteiger partial charge >= 0.3 is 5.97 Å². The number of anilines is 1. The summed E-state index contributed by atoms with van der Waals surface area (Å²) in [5.41, 5.74) is 3.95. The van der Waals surface area contributed by atoms with Crippen molar-refractivity contribution in [2.45, 2.75) is 62.4 Å². The summed E-state index contributed by atoms with van der Waals surface area (Å²) in [7, 11) is 0. The number of amides is 5. The van der Waals surface area contributed by atoms with Gasteiger partial charge in [-0.2, -0.15) is 0 Å². The van der Waals surface area contributed by atoms with E-state index in [9.17, 15) is 39.0 Å². The van der Waals surface area contributed by atoms with Crippen LogP contribution in [0.1, 0.15) is 28.0 Å². The standard InChI is InChI=1S/C43H42N6O8S/c50-37-25-38(51)46-35(24-32-7-4-20-58-32)41(54)48-34(22-27-8-12-29(13-9-27)30-16-18-44-19-17-30)39(52)47-33(21-26-5-2-1-3-6-26)40(53)49-36(43(56)57)23-28-10-14-31(15-11-28)45-42(37)55/h1-20,33-37,50H,21-25H2,(H,45,55)(H,46,51)(H,47,52)(H,48,54)(H,49,53)(H,56,57)/t33-,34+,35-,36+,37-/m1/s1. The molecule has 7 N–H and O–H groups in total. The number of carboxylic acids is 1. The van der Waals surface area contributed by atoms with Gasteiger partial charge < -0.3 is 36.8 Å². The van der Waals surface area contributed by atoms with Gasteiger partial charge in [0.1, 0.15) is 30.3 Å². The molecule has 5 aromatic rings. The Balaban J connectivity index is 1.35. The van der Waals surface area contributed by atoms with Crippen molar-refractivity contribution in [3.05, 3.63) is 142 Å². The summed E-state index contributed by atoms with van der Waals surface area (Å²) >= 11 is 1.35. The van der Waals surface area contributed by atoms with Gasteiger partial charge in [-0.1, -0.05) is 72.8 Å². The predicted molar refractivity (Wildman–Crippen MR) is 216 cm³/mol. The number of thiophene rings is 1. The number of rotatable bonds is 8. The van der Waals surface area contributed by atoms with E-state index in [1.54, 1.807) is 67.0 Å². The second kappa shape index (κ2) is 19.4. The highest BCUT2D eigenvalue weighted by Gasteiger charge is 2.33. The number of benzene rings is 3. The zero-order chi connectivity index (χ0) is 41.0. The first kappa shape index (κ1) is 40.9. The molecule has 2 aliphatic heterocycles. The van der Waals surface area contributed by atoms with E-state index in [2.05, 4.69) is 31.6 Å². The maximum Gasteiger partial charge on any atom is 0.326 e. The zero-order valence-corrected chi connectivity index (χ0v) is 32.0. The lowest BCUT2D eigenvalue weighted by atomic mass is 9.99. The van der Waals surface area contributed by atoms with Crippen LogP contribution in [0.2, 0.25) is 0 Å². The lowest BCUT2D eigenvalue weighted by Crippen LogP contribution is -2.59. The molecule has 4 heterocycles. The minimum absolute atomic E-state index is 0.000168. The zero-order valence-electron chi connectivity index (χ0n) is 31.2. The molecule has 0 fully saturated rings. The van der Waals surface area contributed by atoms with Gasteiger partial charge in [-0.3, -0.25) is 29.0 Å². The molecule has 0 spiro atoms. The smallest absolute Gasteiger partial charge is 0.326 e. The number of pyridine rings is 1. The number of aliphatic carboxylic acids is 1. The highest BCUT2D eigenvalue weighted by atomic mass is 32.1. The van der Waals surface area contributed by atoms with Crippen molar-refractivity contribution in [1.29, 1.82) is 0 Å². The van der Waals surface area contributed by atoms with Crippen LogP contribution in [-0.2, 0) is 54.5 Å². The molecule has 7 rings (SSSR count). The lowest BCUT2D eigenvalue weighted by Gasteiger charge is -2.26. The third kappa shape index (κ3) is 11.4. The third-order valence-corrected chi connectivity index (χ3v) is 10.4. The molecule has 0 saturated carbocycles. The minimum atomic E-state index is -1.78. The average Bonchev–Trinajstić information content (AvgIpc) is 3.74. The Kier molecular flexibility index (Phi) is 13.7. The molecule has 2 aromatic heterocycles. The summed E-state index contributed by atoms with van der Waals surface area (Å²) < 4.78 is 0. The number of carbonyl (C=O) groups is 6. The van der Waals surface area contributed by atoms with Gasteiger partial charge in [0.2, 0.25) is 23.6 Å². The van der Waals surface area contributed by atoms with Gasteiger partial charge in [-0.05, 0) is 63.5 Å². The molecular formula is C43H42N6O8S. The summed E-state index contributed by atoms with van der Waals surface area (Å²) in [6.45, 7) is 0. The highest BCUT2D eigenvalue weighted by molar-refractivity contribution is 7.09. The Bertz CT molecular complexity index is 2200. The molecule has 3 aromatic carbocycles. The first-order chi connectivity index (χ1) is 28.0. The summed E-state index contributed by atoms with van der Waals surface area (Å²) in [6, 6.07) is 24.4. The van der Waals surface area contributed by atoms with E-state index < -0.39 is 72.2 Å². The highest BCUT2D eigenvalue weighted by Crippen LogP contribution is 2.20. The van der Waals surface area contributed by atoms with Crippen molar-refractivity contribution in [2.75, 3.05) is 5.32 Å². The first-order valence-corrected chi connectivity index (χ1v) is 19.5. The fourth-order valence-electron chi connectivity index (χ4n) is 6.44. The van der Waals surface area contributed by atoms with E-state index in [1.165, 1.54) is 23.5 Å². The van der Waals surface area contributed by atoms with Crippen LogP contribution in [0, 0.1) is 0 Å². The van der Waals surface area contributed by atoms with Gasteiger partial charge in [0.15, 0.2) is 0 Å². The topological polar surface area (TPSA) is 216 Å². The van der Waals surface area contributed by atoms with Crippen molar-refractivity contribution in [1.82, 2.24) is 26.3 Å². The fourth-order valence-corrected chi connectivity index (χ4v) is 7.20. The summed E-state index contributed by atoms with van der Waals surface area (Å²) in [5, 5.41) is 35.9. The van der Waals surface area contributed by atoms with Gasteiger partial charge in [0.25, 0.3) is 5.91 Å². The second-order valence-corrected chi connectivity index (χ2v) is 14.9. The number of carboxylic acid groups (broad SMARTS) is 1. The number of carbonyl (C=O) groups excluding carboxylic acids is 5. The van der Waals surface area contributed by atoms with Crippen LogP contribution in [-0.4, -0.2) is 81.0 Å². The number of nitrogens with one attached hydrogen (secondary N) is 5. The average molecular weight is 803 g/mol. The first-order valence-electron chi connectivity index (χ1n) is 18.6. The Morgan fingerprint density at radius 1 is 0.621 bits per heavy atom. The Hall–Kier alpha value is -6.71. The maximum absolute atomic E-state index is 14.4. The van der Waals surface area contributed by atoms with Gasteiger partial charge in [-0.15, -0.1) is 11.3 Å². The minimum Gasteiger partial charge on any atom is -0.480 e. The number of aliphatic hydroxyl groups is 1. The van der Waals surface area contributed by atoms with E-state index in [4.69, 9.17) is 0 Å². The number of hydrogen-bond acceptors (Lipinski definition) is 9. The van der Waals surface area contributed by atoms with Gasteiger partial charge in [0, 0.05) is 48.6 Å². The molecular weight excluding hydrogens is 761 g/mol. The van der Waals surface area contributed by atoms with E-state index in [1.807, 2.05) is 41.8 Å². The molecule has 298 valence electrons. The van der Waals surface area contributed by atoms with Crippen molar-refractivity contribution >= 4 is 52.5 Å². The molecule has 0 aliphatic carbocycles. The Labute approximate surface area is 338 Å². The molecule has 58 heavy (non-hydrogen) atoms. The Morgan fingerprint density at radius 2 is 1.21 bits per heavy atom. The molecule has 5 atom stereocenters. The molecule has 0 unspecified atom stereocenters. The molecule has 0 saturated heterocycles. The second-order valence-electron chi connectivity index (χ2n) is 13.9. The molecule has 2 aliphatic rings. The molecule has 0 radical (unpaired) electrons. The van der Waals surface area contributed by atoms with E-state index >= 15 is 0 Å². The van der Waals surface area contributed by atoms with Crippen molar-refractivity contribution in [3.8, 4) is 11.1 Å². The van der Waals surface area contributed by atoms with Gasteiger partial charge in [-0.25, -0.2) is 4.79 Å². The van der Waals surface area contributed by atoms with Crippen LogP contribution in [0.3, 0.4) is 0 Å². The quantitative estimate of drug-likeness (QED) is 0.115. The summed E-state index contributed by atoms with van der Waals surface area (Å²) in [4.78, 5) is 85.9. The number of hydrogen-bond donors (Lipinski definition) is 7. The predicted octanol–water partition coefficient (Wildman–Crippen LogP) is 2.81. The molecule has 14 nitrogen and oxygen atoms in total. The number of aromatic nitrogens is 1. The van der Waals surface area contributed by atoms with Gasteiger partial charge in [0.05, 0.1) is 6.42 Å². The monoisotopic (exact) mass is 802 g/mol. The lowest BCUT2D eigenvalue weighted by molar-refractivity contribution is -0.142. The normalized spacial score (nSPS) is 21.1. The molecule has 5 amide bonds.